The Balaban J connectivity index is 1.25. The molecule has 3 saturated carbocycles. The Hall–Kier alpha value is -1.53. The van der Waals surface area contributed by atoms with Crippen molar-refractivity contribution in [1.29, 1.82) is 0 Å². The lowest BCUT2D eigenvalue weighted by molar-refractivity contribution is 0.0273. The molecule has 3 heterocycles. The molecular formula is C21H23N3O2S. The van der Waals surface area contributed by atoms with E-state index in [2.05, 4.69) is 12.2 Å². The largest absolute Gasteiger partial charge is 0.243 e. The molecule has 8 rings (SSSR count). The lowest BCUT2D eigenvalue weighted by Gasteiger charge is -2.50. The van der Waals surface area contributed by atoms with Crippen molar-refractivity contribution in [1.82, 2.24) is 4.31 Å². The second-order valence-corrected chi connectivity index (χ2v) is 11.3. The van der Waals surface area contributed by atoms with Gasteiger partial charge in [-0.1, -0.05) is 29.8 Å². The summed E-state index contributed by atoms with van der Waals surface area (Å²) in [6.45, 7) is 1.99. The number of azo groups is 1. The van der Waals surface area contributed by atoms with E-state index in [-0.39, 0.29) is 12.1 Å². The lowest BCUT2D eigenvalue weighted by Crippen LogP contribution is -2.55. The highest BCUT2D eigenvalue weighted by Gasteiger charge is 2.77. The molecule has 4 fully saturated rings. The van der Waals surface area contributed by atoms with Gasteiger partial charge in [0, 0.05) is 18.0 Å². The number of hydrogen-bond acceptors (Lipinski definition) is 4. The van der Waals surface area contributed by atoms with Gasteiger partial charge in [0.2, 0.25) is 10.0 Å². The summed E-state index contributed by atoms with van der Waals surface area (Å²) < 4.78 is 28.4. The zero-order chi connectivity index (χ0) is 18.1. The molecule has 27 heavy (non-hydrogen) atoms. The van der Waals surface area contributed by atoms with E-state index >= 15 is 0 Å². The van der Waals surface area contributed by atoms with Crippen LogP contribution in [0.4, 0.5) is 0 Å². The number of sulfonamides is 1. The van der Waals surface area contributed by atoms with E-state index in [0.29, 0.717) is 52.5 Å². The molecule has 6 heteroatoms. The molecule has 4 bridgehead atoms. The van der Waals surface area contributed by atoms with Crippen molar-refractivity contribution in [3.05, 3.63) is 42.0 Å². The molecule has 0 amide bonds. The smallest absolute Gasteiger partial charge is 0.207 e. The van der Waals surface area contributed by atoms with Gasteiger partial charge in [0.1, 0.15) is 0 Å². The van der Waals surface area contributed by atoms with E-state index < -0.39 is 10.0 Å². The molecule has 0 aromatic heterocycles. The minimum absolute atomic E-state index is 0.209. The molecule has 140 valence electrons. The van der Waals surface area contributed by atoms with Crippen LogP contribution in [0.5, 0.6) is 0 Å². The van der Waals surface area contributed by atoms with Crippen molar-refractivity contribution in [3.63, 3.8) is 0 Å². The lowest BCUT2D eigenvalue weighted by atomic mass is 9.58. The Bertz CT molecular complexity index is 1000. The maximum Gasteiger partial charge on any atom is 0.243 e. The quantitative estimate of drug-likeness (QED) is 0.584. The Morgan fingerprint density at radius 1 is 0.963 bits per heavy atom. The molecule has 1 saturated heterocycles. The first-order chi connectivity index (χ1) is 13.1. The van der Waals surface area contributed by atoms with Crippen LogP contribution in [0.3, 0.4) is 0 Å². The van der Waals surface area contributed by atoms with Gasteiger partial charge in [0.25, 0.3) is 0 Å². The van der Waals surface area contributed by atoms with Gasteiger partial charge in [-0.3, -0.25) is 0 Å². The summed E-state index contributed by atoms with van der Waals surface area (Å²) in [4.78, 5) is 0.446. The molecule has 11 atom stereocenters. The predicted octanol–water partition coefficient (Wildman–Crippen LogP) is 3.03. The third-order valence-corrected chi connectivity index (χ3v) is 10.4. The van der Waals surface area contributed by atoms with Crippen LogP contribution in [0, 0.1) is 42.4 Å². The van der Waals surface area contributed by atoms with Crippen LogP contribution in [-0.4, -0.2) is 36.9 Å². The fraction of sp³-hybridized carbons (Fsp3) is 0.619. The summed E-state index contributed by atoms with van der Waals surface area (Å²) in [5.41, 5.74) is 1.09. The fourth-order valence-electron chi connectivity index (χ4n) is 7.62. The Kier molecular flexibility index (Phi) is 2.69. The fourth-order valence-corrected chi connectivity index (χ4v) is 9.49. The maximum absolute atomic E-state index is 13.3. The number of allylic oxidation sites excluding steroid dienone is 1. The van der Waals surface area contributed by atoms with Crippen molar-refractivity contribution >= 4 is 10.0 Å². The number of aryl methyl sites for hydroxylation is 1. The second-order valence-electron chi connectivity index (χ2n) is 9.46. The van der Waals surface area contributed by atoms with E-state index in [1.807, 2.05) is 23.4 Å². The topological polar surface area (TPSA) is 61.9 Å². The van der Waals surface area contributed by atoms with E-state index in [1.54, 1.807) is 12.1 Å². The zero-order valence-electron chi connectivity index (χ0n) is 15.2. The first-order valence-corrected chi connectivity index (χ1v) is 11.7. The number of nitrogens with zero attached hydrogens (tertiary/aromatic N) is 3. The average molecular weight is 382 g/mol. The molecule has 0 N–H and O–H groups in total. The van der Waals surface area contributed by atoms with Crippen molar-refractivity contribution < 1.29 is 8.42 Å². The van der Waals surface area contributed by atoms with Crippen LogP contribution >= 0.6 is 0 Å². The minimum atomic E-state index is -3.39. The van der Waals surface area contributed by atoms with Gasteiger partial charge < -0.3 is 0 Å². The molecule has 1 unspecified atom stereocenters. The normalized spacial score (nSPS) is 52.7. The predicted molar refractivity (Wildman–Crippen MR) is 99.5 cm³/mol. The minimum Gasteiger partial charge on any atom is -0.207 e. The molecular weight excluding hydrogens is 358 g/mol. The molecule has 0 spiro atoms. The molecule has 3 aliphatic heterocycles. The van der Waals surface area contributed by atoms with Gasteiger partial charge in [-0.05, 0) is 61.5 Å². The first kappa shape index (κ1) is 15.4. The SMILES string of the molecule is Cc1ccc(S(=O)(=O)N2[C@@H]3[C@@H]4C[C@@H]([C@@H]5[C@@H]6N=N[C@@H]([C@H]7C=CC[C@H]76)[C@H]45)[C@@H]32)cc1. The second kappa shape index (κ2) is 4.71. The van der Waals surface area contributed by atoms with Gasteiger partial charge in [0.05, 0.1) is 17.0 Å². The number of piperidine rings is 1. The molecule has 4 aliphatic carbocycles. The molecule has 0 radical (unpaired) electrons. The third kappa shape index (κ3) is 1.69. The monoisotopic (exact) mass is 381 g/mol. The van der Waals surface area contributed by atoms with Crippen LogP contribution in [0.25, 0.3) is 0 Å². The number of benzene rings is 1. The highest BCUT2D eigenvalue weighted by Crippen LogP contribution is 2.70. The number of rotatable bonds is 2. The summed E-state index contributed by atoms with van der Waals surface area (Å²) in [5.74, 6) is 3.23. The molecule has 1 aromatic rings. The summed E-state index contributed by atoms with van der Waals surface area (Å²) >= 11 is 0. The van der Waals surface area contributed by atoms with Gasteiger partial charge in [-0.25, -0.2) is 8.42 Å². The van der Waals surface area contributed by atoms with Crippen LogP contribution in [-0.2, 0) is 10.0 Å². The standard InChI is InChI=1S/C21H23N3O2S/c1-10-5-7-11(8-6-10)27(25,26)24-20-14-9-15(21(20)24)17-16(14)18-12-3-2-4-13(12)19(17)23-22-18/h2-3,5-8,12-21H,4,9H2,1H3/t12-,13+,14+,15-,16+,17-,18-,19+,20+,21-,24?/m0/s1. The van der Waals surface area contributed by atoms with Crippen molar-refractivity contribution in [3.8, 4) is 0 Å². The van der Waals surface area contributed by atoms with Gasteiger partial charge >= 0.3 is 0 Å². The Morgan fingerprint density at radius 3 is 2.37 bits per heavy atom. The molecule has 7 aliphatic rings. The third-order valence-electron chi connectivity index (χ3n) is 8.52. The van der Waals surface area contributed by atoms with Gasteiger partial charge in [-0.2, -0.15) is 14.5 Å². The van der Waals surface area contributed by atoms with Crippen LogP contribution < -0.4 is 0 Å². The van der Waals surface area contributed by atoms with Crippen LogP contribution in [0.2, 0.25) is 0 Å². The summed E-state index contributed by atoms with van der Waals surface area (Å²) in [7, 11) is -3.39. The highest BCUT2D eigenvalue weighted by molar-refractivity contribution is 7.89. The van der Waals surface area contributed by atoms with E-state index in [1.165, 1.54) is 6.42 Å². The zero-order valence-corrected chi connectivity index (χ0v) is 16.0. The maximum atomic E-state index is 13.3. The summed E-state index contributed by atoms with van der Waals surface area (Å²) in [5, 5.41) is 9.44. The highest BCUT2D eigenvalue weighted by atomic mass is 32.2. The van der Waals surface area contributed by atoms with E-state index in [4.69, 9.17) is 10.2 Å². The average Bonchev–Trinajstić information content (AvgIpc) is 3.03. The Labute approximate surface area is 159 Å². The molecule has 5 nitrogen and oxygen atoms in total. The van der Waals surface area contributed by atoms with Crippen molar-refractivity contribution in [2.24, 2.45) is 45.7 Å². The van der Waals surface area contributed by atoms with Crippen LogP contribution in [0.1, 0.15) is 18.4 Å². The van der Waals surface area contributed by atoms with Crippen LogP contribution in [0.15, 0.2) is 51.5 Å². The van der Waals surface area contributed by atoms with E-state index in [0.717, 1.165) is 12.0 Å². The number of hydrogen-bond donors (Lipinski definition) is 0. The Morgan fingerprint density at radius 2 is 1.63 bits per heavy atom. The number of fused-ring (bicyclic) bond motifs is 5. The van der Waals surface area contributed by atoms with Gasteiger partial charge in [0.15, 0.2) is 0 Å². The van der Waals surface area contributed by atoms with Gasteiger partial charge in [-0.15, -0.1) is 0 Å². The van der Waals surface area contributed by atoms with E-state index in [9.17, 15) is 8.42 Å². The summed E-state index contributed by atoms with van der Waals surface area (Å²) in [6.07, 6.45) is 7.01. The van der Waals surface area contributed by atoms with Crippen molar-refractivity contribution in [2.45, 2.75) is 48.8 Å². The summed E-state index contributed by atoms with van der Waals surface area (Å²) in [6, 6.07) is 8.35. The van der Waals surface area contributed by atoms with Crippen molar-refractivity contribution in [2.75, 3.05) is 0 Å². The first-order valence-electron chi connectivity index (χ1n) is 10.2. The molecule has 1 aromatic carbocycles.